The predicted octanol–water partition coefficient (Wildman–Crippen LogP) is 2.94. The largest absolute Gasteiger partial charge is 0.497 e. The molecule has 0 aliphatic heterocycles. The third kappa shape index (κ3) is 4.74. The van der Waals surface area contributed by atoms with E-state index in [0.717, 1.165) is 6.26 Å². The first-order chi connectivity index (χ1) is 12.7. The summed E-state index contributed by atoms with van der Waals surface area (Å²) in [4.78, 5) is 25.7. The first-order valence-electron chi connectivity index (χ1n) is 8.34. The van der Waals surface area contributed by atoms with Gasteiger partial charge in [-0.05, 0) is 55.3 Å². The lowest BCUT2D eigenvalue weighted by Gasteiger charge is -2.17. The fourth-order valence-corrected chi connectivity index (χ4v) is 3.42. The molecule has 2 rings (SSSR count). The first kappa shape index (κ1) is 20.6. The van der Waals surface area contributed by atoms with Crippen LogP contribution in [0.1, 0.15) is 34.3 Å². The highest BCUT2D eigenvalue weighted by molar-refractivity contribution is 7.90. The number of methoxy groups -OCH3 is 1. The molecule has 0 aliphatic rings. The molecule has 1 unspecified atom stereocenters. The number of aryl methyl sites for hydroxylation is 1. The van der Waals surface area contributed by atoms with E-state index in [2.05, 4.69) is 0 Å². The Balaban J connectivity index is 2.49. The molecule has 1 atom stereocenters. The normalized spacial score (nSPS) is 12.3. The van der Waals surface area contributed by atoms with Crippen molar-refractivity contribution in [3.05, 3.63) is 59.2 Å². The van der Waals surface area contributed by atoms with Crippen LogP contribution in [0.5, 0.6) is 5.75 Å². The van der Waals surface area contributed by atoms with Crippen molar-refractivity contribution in [3.8, 4) is 5.75 Å². The standard InChI is InChI=1S/C20H22O6S/c1-5-26-20(22)18(14-6-8-15(25-3)9-7-14)19(21)17-11-10-16(12-13(17)2)27(4,23)24/h6-12,18H,5H2,1-4H3. The molecule has 7 heteroatoms. The second-order valence-corrected chi connectivity index (χ2v) is 8.09. The maximum atomic E-state index is 13.1. The van der Waals surface area contributed by atoms with E-state index in [-0.39, 0.29) is 17.1 Å². The second kappa shape index (κ2) is 8.35. The molecule has 2 aromatic rings. The van der Waals surface area contributed by atoms with Crippen LogP contribution in [-0.2, 0) is 19.4 Å². The Kier molecular flexibility index (Phi) is 6.38. The highest BCUT2D eigenvalue weighted by Crippen LogP contribution is 2.27. The van der Waals surface area contributed by atoms with Crippen molar-refractivity contribution in [3.63, 3.8) is 0 Å². The summed E-state index contributed by atoms with van der Waals surface area (Å²) in [6.07, 6.45) is 1.10. The third-order valence-electron chi connectivity index (χ3n) is 4.13. The minimum absolute atomic E-state index is 0.119. The van der Waals surface area contributed by atoms with Crippen LogP contribution >= 0.6 is 0 Å². The molecule has 0 saturated heterocycles. The summed E-state index contributed by atoms with van der Waals surface area (Å²) >= 11 is 0. The number of Topliss-reactive ketones (excluding diaryl/α,β-unsaturated/α-hetero) is 1. The lowest BCUT2D eigenvalue weighted by molar-refractivity contribution is -0.143. The molecule has 0 heterocycles. The summed E-state index contributed by atoms with van der Waals surface area (Å²) in [6, 6.07) is 10.8. The summed E-state index contributed by atoms with van der Waals surface area (Å²) in [6.45, 7) is 3.45. The number of sulfone groups is 1. The van der Waals surface area contributed by atoms with Crippen molar-refractivity contribution in [1.82, 2.24) is 0 Å². The lowest BCUT2D eigenvalue weighted by Crippen LogP contribution is -2.25. The Labute approximate surface area is 159 Å². The van der Waals surface area contributed by atoms with Crippen molar-refractivity contribution < 1.29 is 27.5 Å². The van der Waals surface area contributed by atoms with Gasteiger partial charge in [-0.3, -0.25) is 9.59 Å². The molecule has 0 aromatic heterocycles. The number of carbonyl (C=O) groups excluding carboxylic acids is 2. The molecule has 2 aromatic carbocycles. The van der Waals surface area contributed by atoms with Crippen LogP contribution < -0.4 is 4.74 Å². The van der Waals surface area contributed by atoms with Gasteiger partial charge in [-0.2, -0.15) is 0 Å². The Morgan fingerprint density at radius 1 is 1.07 bits per heavy atom. The van der Waals surface area contributed by atoms with E-state index in [4.69, 9.17) is 9.47 Å². The number of esters is 1. The summed E-state index contributed by atoms with van der Waals surface area (Å²) in [5.41, 5.74) is 1.23. The predicted molar refractivity (Wildman–Crippen MR) is 101 cm³/mol. The number of hydrogen-bond acceptors (Lipinski definition) is 6. The molecule has 0 N–H and O–H groups in total. The van der Waals surface area contributed by atoms with Crippen LogP contribution in [0.3, 0.4) is 0 Å². The molecule has 0 bridgehead atoms. The third-order valence-corrected chi connectivity index (χ3v) is 5.24. The smallest absolute Gasteiger partial charge is 0.321 e. The summed E-state index contributed by atoms with van der Waals surface area (Å²) < 4.78 is 33.6. The molecular formula is C20H22O6S. The van der Waals surface area contributed by atoms with Crippen molar-refractivity contribution in [2.45, 2.75) is 24.7 Å². The number of hydrogen-bond donors (Lipinski definition) is 0. The molecule has 0 saturated carbocycles. The van der Waals surface area contributed by atoms with E-state index in [1.165, 1.54) is 25.3 Å². The lowest BCUT2D eigenvalue weighted by atomic mass is 9.89. The minimum Gasteiger partial charge on any atom is -0.497 e. The van der Waals surface area contributed by atoms with Gasteiger partial charge in [0.05, 0.1) is 18.6 Å². The van der Waals surface area contributed by atoms with Gasteiger partial charge < -0.3 is 9.47 Å². The fourth-order valence-electron chi connectivity index (χ4n) is 2.72. The van der Waals surface area contributed by atoms with E-state index >= 15 is 0 Å². The average molecular weight is 390 g/mol. The number of rotatable bonds is 7. The molecule has 0 aliphatic carbocycles. The zero-order valence-electron chi connectivity index (χ0n) is 15.7. The summed E-state index contributed by atoms with van der Waals surface area (Å²) in [5.74, 6) is -1.64. The Morgan fingerprint density at radius 2 is 1.70 bits per heavy atom. The van der Waals surface area contributed by atoms with Gasteiger partial charge in [0, 0.05) is 11.8 Å². The molecule has 6 nitrogen and oxygen atoms in total. The first-order valence-corrected chi connectivity index (χ1v) is 10.2. The molecule has 0 amide bonds. The van der Waals surface area contributed by atoms with Crippen LogP contribution in [0.15, 0.2) is 47.4 Å². The van der Waals surface area contributed by atoms with Crippen LogP contribution in [0, 0.1) is 6.92 Å². The molecule has 0 spiro atoms. The minimum atomic E-state index is -3.39. The number of ketones is 1. The van der Waals surface area contributed by atoms with E-state index in [1.807, 2.05) is 0 Å². The van der Waals surface area contributed by atoms with Crippen LogP contribution in [0.4, 0.5) is 0 Å². The second-order valence-electron chi connectivity index (χ2n) is 6.07. The van der Waals surface area contributed by atoms with Gasteiger partial charge in [0.15, 0.2) is 15.6 Å². The van der Waals surface area contributed by atoms with Crippen molar-refractivity contribution in [2.75, 3.05) is 20.0 Å². The molecule has 27 heavy (non-hydrogen) atoms. The van der Waals surface area contributed by atoms with Gasteiger partial charge in [0.1, 0.15) is 11.7 Å². The maximum absolute atomic E-state index is 13.1. The number of benzene rings is 2. The monoisotopic (exact) mass is 390 g/mol. The number of carbonyl (C=O) groups is 2. The van der Waals surface area contributed by atoms with Crippen LogP contribution in [0.2, 0.25) is 0 Å². The Hall–Kier alpha value is -2.67. The molecule has 144 valence electrons. The quantitative estimate of drug-likeness (QED) is 0.410. The van der Waals surface area contributed by atoms with Crippen LogP contribution in [0.25, 0.3) is 0 Å². The van der Waals surface area contributed by atoms with Gasteiger partial charge in [0.25, 0.3) is 0 Å². The van der Waals surface area contributed by atoms with Crippen LogP contribution in [-0.4, -0.2) is 40.1 Å². The topological polar surface area (TPSA) is 86.7 Å². The van der Waals surface area contributed by atoms with Crippen molar-refractivity contribution >= 4 is 21.6 Å². The van der Waals surface area contributed by atoms with Gasteiger partial charge >= 0.3 is 5.97 Å². The summed E-state index contributed by atoms with van der Waals surface area (Å²) in [5, 5.41) is 0. The zero-order valence-corrected chi connectivity index (χ0v) is 16.5. The van der Waals surface area contributed by atoms with Gasteiger partial charge in [-0.1, -0.05) is 12.1 Å². The van der Waals surface area contributed by atoms with E-state index in [1.54, 1.807) is 38.1 Å². The van der Waals surface area contributed by atoms with E-state index < -0.39 is 27.5 Å². The Morgan fingerprint density at radius 3 is 2.19 bits per heavy atom. The van der Waals surface area contributed by atoms with Crippen molar-refractivity contribution in [1.29, 1.82) is 0 Å². The Bertz CT molecular complexity index is 945. The zero-order chi connectivity index (χ0) is 20.2. The average Bonchev–Trinajstić information content (AvgIpc) is 2.61. The van der Waals surface area contributed by atoms with Gasteiger partial charge in [0.2, 0.25) is 0 Å². The molecule has 0 fully saturated rings. The maximum Gasteiger partial charge on any atom is 0.321 e. The summed E-state index contributed by atoms with van der Waals surface area (Å²) in [7, 11) is -1.87. The fraction of sp³-hybridized carbons (Fsp3) is 0.300. The highest BCUT2D eigenvalue weighted by Gasteiger charge is 2.32. The van der Waals surface area contributed by atoms with Crippen molar-refractivity contribution in [2.24, 2.45) is 0 Å². The molecular weight excluding hydrogens is 368 g/mol. The SMILES string of the molecule is CCOC(=O)C(C(=O)c1ccc(S(C)(=O)=O)cc1C)c1ccc(OC)cc1. The highest BCUT2D eigenvalue weighted by atomic mass is 32.2. The number of ether oxygens (including phenoxy) is 2. The van der Waals surface area contributed by atoms with E-state index in [0.29, 0.717) is 16.9 Å². The molecule has 0 radical (unpaired) electrons. The van der Waals surface area contributed by atoms with Gasteiger partial charge in [-0.25, -0.2) is 8.42 Å². The van der Waals surface area contributed by atoms with E-state index in [9.17, 15) is 18.0 Å². The van der Waals surface area contributed by atoms with Gasteiger partial charge in [-0.15, -0.1) is 0 Å².